The number of hydrogen-bond acceptors (Lipinski definition) is 5. The molecule has 7 heteroatoms. The van der Waals surface area contributed by atoms with Crippen LogP contribution >= 0.6 is 0 Å². The van der Waals surface area contributed by atoms with Crippen LogP contribution in [0.2, 0.25) is 0 Å². The summed E-state index contributed by atoms with van der Waals surface area (Å²) in [6.45, 7) is 1.58. The first-order valence-corrected chi connectivity index (χ1v) is 9.93. The molecule has 0 unspecified atom stereocenters. The molecule has 1 saturated heterocycles. The highest BCUT2D eigenvalue weighted by Gasteiger charge is 2.21. The number of rotatable bonds is 7. The van der Waals surface area contributed by atoms with Crippen molar-refractivity contribution in [1.29, 1.82) is 0 Å². The average molecular weight is 410 g/mol. The Hall–Kier alpha value is -3.19. The van der Waals surface area contributed by atoms with E-state index >= 15 is 0 Å². The van der Waals surface area contributed by atoms with E-state index in [2.05, 4.69) is 0 Å². The highest BCUT2D eigenvalue weighted by molar-refractivity contribution is 5.93. The molecule has 0 spiro atoms. The van der Waals surface area contributed by atoms with Crippen LogP contribution < -0.4 is 0 Å². The molecule has 1 heterocycles. The Morgan fingerprint density at radius 1 is 1.00 bits per heavy atom. The zero-order chi connectivity index (χ0) is 21.3. The molecule has 1 fully saturated rings. The Labute approximate surface area is 176 Å². The summed E-state index contributed by atoms with van der Waals surface area (Å²) in [5.41, 5.74) is 2.34. The SMILES string of the molecule is CN(CC(=O)N1CCOCC1)C(=O)COC(=O)c1ccccc1Cc1ccccc1. The first-order valence-electron chi connectivity index (χ1n) is 9.93. The molecular weight excluding hydrogens is 384 g/mol. The molecule has 1 aliphatic heterocycles. The smallest absolute Gasteiger partial charge is 0.338 e. The minimum absolute atomic E-state index is 0.0546. The molecule has 0 aromatic heterocycles. The van der Waals surface area contributed by atoms with Gasteiger partial charge in [-0.15, -0.1) is 0 Å². The normalized spacial score (nSPS) is 13.6. The Balaban J connectivity index is 1.53. The fourth-order valence-electron chi connectivity index (χ4n) is 3.21. The number of ether oxygens (including phenoxy) is 2. The summed E-state index contributed by atoms with van der Waals surface area (Å²) in [5, 5.41) is 0. The van der Waals surface area contributed by atoms with Crippen molar-refractivity contribution in [3.05, 3.63) is 71.3 Å². The van der Waals surface area contributed by atoms with Gasteiger partial charge in [-0.2, -0.15) is 0 Å². The van der Waals surface area contributed by atoms with E-state index in [0.29, 0.717) is 38.3 Å². The van der Waals surface area contributed by atoms with Gasteiger partial charge in [-0.05, 0) is 23.6 Å². The topological polar surface area (TPSA) is 76.2 Å². The number of hydrogen-bond donors (Lipinski definition) is 0. The van der Waals surface area contributed by atoms with E-state index in [1.165, 1.54) is 11.9 Å². The summed E-state index contributed by atoms with van der Waals surface area (Å²) in [4.78, 5) is 40.1. The molecule has 2 aromatic rings. The molecule has 0 atom stereocenters. The summed E-state index contributed by atoms with van der Waals surface area (Å²) in [6, 6.07) is 17.0. The van der Waals surface area contributed by atoms with Crippen LogP contribution in [0.3, 0.4) is 0 Å². The highest BCUT2D eigenvalue weighted by atomic mass is 16.5. The van der Waals surface area contributed by atoms with Gasteiger partial charge in [0.15, 0.2) is 6.61 Å². The van der Waals surface area contributed by atoms with Crippen molar-refractivity contribution in [3.63, 3.8) is 0 Å². The number of amides is 2. The third kappa shape index (κ3) is 5.90. The maximum atomic E-state index is 12.6. The van der Waals surface area contributed by atoms with Crippen molar-refractivity contribution in [2.24, 2.45) is 0 Å². The fourth-order valence-corrected chi connectivity index (χ4v) is 3.21. The lowest BCUT2D eigenvalue weighted by atomic mass is 10.00. The number of carbonyl (C=O) groups is 3. The van der Waals surface area contributed by atoms with E-state index in [-0.39, 0.29) is 12.5 Å². The van der Waals surface area contributed by atoms with Crippen LogP contribution in [0.15, 0.2) is 54.6 Å². The van der Waals surface area contributed by atoms with Gasteiger partial charge in [-0.25, -0.2) is 4.79 Å². The third-order valence-electron chi connectivity index (χ3n) is 4.96. The standard InChI is InChI=1S/C23H26N2O5/c1-24(16-21(26)25-11-13-29-14-12-25)22(27)17-30-23(28)20-10-6-5-9-19(20)15-18-7-3-2-4-8-18/h2-10H,11-17H2,1H3. The van der Waals surface area contributed by atoms with Gasteiger partial charge in [0.05, 0.1) is 25.3 Å². The molecule has 7 nitrogen and oxygen atoms in total. The zero-order valence-corrected chi connectivity index (χ0v) is 17.1. The number of carbonyl (C=O) groups excluding carboxylic acids is 3. The van der Waals surface area contributed by atoms with Crippen LogP contribution in [-0.4, -0.2) is 74.1 Å². The van der Waals surface area contributed by atoms with Crippen molar-refractivity contribution >= 4 is 17.8 Å². The zero-order valence-electron chi connectivity index (χ0n) is 17.1. The van der Waals surface area contributed by atoms with Crippen LogP contribution in [0.1, 0.15) is 21.5 Å². The lowest BCUT2D eigenvalue weighted by molar-refractivity contribution is -0.143. The summed E-state index contributed by atoms with van der Waals surface area (Å²) >= 11 is 0. The largest absolute Gasteiger partial charge is 0.452 e. The van der Waals surface area contributed by atoms with Crippen molar-refractivity contribution < 1.29 is 23.9 Å². The van der Waals surface area contributed by atoms with Crippen LogP contribution in [0, 0.1) is 0 Å². The molecule has 0 saturated carbocycles. The number of benzene rings is 2. The molecule has 3 rings (SSSR count). The van der Waals surface area contributed by atoms with Gasteiger partial charge in [0, 0.05) is 20.1 Å². The van der Waals surface area contributed by atoms with Crippen LogP contribution in [0.5, 0.6) is 0 Å². The monoisotopic (exact) mass is 410 g/mol. The quantitative estimate of drug-likeness (QED) is 0.650. The summed E-state index contributed by atoms with van der Waals surface area (Å²) < 4.78 is 10.5. The second-order valence-electron chi connectivity index (χ2n) is 7.14. The molecule has 0 N–H and O–H groups in total. The van der Waals surface area contributed by atoms with Crippen molar-refractivity contribution in [1.82, 2.24) is 9.80 Å². The van der Waals surface area contributed by atoms with Gasteiger partial charge < -0.3 is 19.3 Å². The van der Waals surface area contributed by atoms with Gasteiger partial charge in [0.2, 0.25) is 5.91 Å². The lowest BCUT2D eigenvalue weighted by Crippen LogP contribution is -2.46. The number of esters is 1. The molecule has 0 radical (unpaired) electrons. The third-order valence-corrected chi connectivity index (χ3v) is 4.96. The Morgan fingerprint density at radius 3 is 2.40 bits per heavy atom. The molecule has 0 aliphatic carbocycles. The van der Waals surface area contributed by atoms with Crippen LogP contribution in [0.25, 0.3) is 0 Å². The molecular formula is C23H26N2O5. The second-order valence-corrected chi connectivity index (χ2v) is 7.14. The Morgan fingerprint density at radius 2 is 1.67 bits per heavy atom. The average Bonchev–Trinajstić information content (AvgIpc) is 2.78. The van der Waals surface area contributed by atoms with E-state index in [0.717, 1.165) is 11.1 Å². The number of morpholine rings is 1. The van der Waals surface area contributed by atoms with Crippen LogP contribution in [0.4, 0.5) is 0 Å². The number of nitrogens with zero attached hydrogens (tertiary/aromatic N) is 2. The molecule has 2 amide bonds. The van der Waals surface area contributed by atoms with E-state index in [1.54, 1.807) is 17.0 Å². The molecule has 158 valence electrons. The van der Waals surface area contributed by atoms with Crippen molar-refractivity contribution in [2.75, 3.05) is 46.5 Å². The maximum absolute atomic E-state index is 12.6. The van der Waals surface area contributed by atoms with Gasteiger partial charge in [-0.1, -0.05) is 48.5 Å². The second kappa shape index (κ2) is 10.5. The molecule has 2 aromatic carbocycles. The summed E-state index contributed by atoms with van der Waals surface area (Å²) in [7, 11) is 1.53. The van der Waals surface area contributed by atoms with Gasteiger partial charge in [0.1, 0.15) is 0 Å². The maximum Gasteiger partial charge on any atom is 0.338 e. The van der Waals surface area contributed by atoms with Crippen LogP contribution in [-0.2, 0) is 25.5 Å². The van der Waals surface area contributed by atoms with Gasteiger partial charge >= 0.3 is 5.97 Å². The minimum atomic E-state index is -0.553. The van der Waals surface area contributed by atoms with Gasteiger partial charge in [0.25, 0.3) is 5.91 Å². The number of likely N-dealkylation sites (N-methyl/N-ethyl adjacent to an activating group) is 1. The van der Waals surface area contributed by atoms with E-state index in [1.807, 2.05) is 42.5 Å². The fraction of sp³-hybridized carbons (Fsp3) is 0.348. The predicted octanol–water partition coefficient (Wildman–Crippen LogP) is 1.75. The highest BCUT2D eigenvalue weighted by Crippen LogP contribution is 2.15. The minimum Gasteiger partial charge on any atom is -0.452 e. The molecule has 0 bridgehead atoms. The van der Waals surface area contributed by atoms with E-state index in [4.69, 9.17) is 9.47 Å². The molecule has 1 aliphatic rings. The summed E-state index contributed by atoms with van der Waals surface area (Å²) in [5.74, 6) is -1.12. The predicted molar refractivity (Wildman–Crippen MR) is 111 cm³/mol. The van der Waals surface area contributed by atoms with Gasteiger partial charge in [-0.3, -0.25) is 9.59 Å². The Kier molecular flexibility index (Phi) is 7.57. The van der Waals surface area contributed by atoms with E-state index < -0.39 is 18.5 Å². The van der Waals surface area contributed by atoms with Crippen molar-refractivity contribution in [2.45, 2.75) is 6.42 Å². The summed E-state index contributed by atoms with van der Waals surface area (Å²) in [6.07, 6.45) is 0.591. The first kappa shape index (κ1) is 21.5. The first-order chi connectivity index (χ1) is 14.5. The Bertz CT molecular complexity index is 878. The van der Waals surface area contributed by atoms with Crippen molar-refractivity contribution in [3.8, 4) is 0 Å². The van der Waals surface area contributed by atoms with E-state index in [9.17, 15) is 14.4 Å². The molecule has 30 heavy (non-hydrogen) atoms. The lowest BCUT2D eigenvalue weighted by Gasteiger charge is -2.28.